The molecule has 7 nitrogen and oxygen atoms in total. The SMILES string of the molecule is O=C(O)C(F)(F)F.O=c1ccc2ccc(F)c3c2n1CC3CN1CCC(NCc2ccc(-c3cccc(Cl)c3)nc2)CC1. The highest BCUT2D eigenvalue weighted by Gasteiger charge is 2.38. The first-order chi connectivity index (χ1) is 20.5. The number of aromatic nitrogens is 2. The molecule has 1 atom stereocenters. The van der Waals surface area contributed by atoms with Crippen LogP contribution in [0.25, 0.3) is 22.2 Å². The van der Waals surface area contributed by atoms with Crippen molar-refractivity contribution in [2.45, 2.75) is 44.1 Å². The van der Waals surface area contributed by atoms with E-state index in [2.05, 4.69) is 21.3 Å². The summed E-state index contributed by atoms with van der Waals surface area (Å²) in [6, 6.07) is 19.0. The van der Waals surface area contributed by atoms with E-state index in [0.717, 1.165) is 66.7 Å². The third-order valence-electron chi connectivity index (χ3n) is 7.80. The molecule has 1 saturated heterocycles. The summed E-state index contributed by atoms with van der Waals surface area (Å²) in [6.45, 7) is 4.04. The molecule has 0 saturated carbocycles. The number of carbonyl (C=O) groups is 1. The number of pyridine rings is 2. The van der Waals surface area contributed by atoms with Crippen LogP contribution in [-0.2, 0) is 17.9 Å². The first-order valence-corrected chi connectivity index (χ1v) is 14.2. The minimum absolute atomic E-state index is 0.0115. The van der Waals surface area contributed by atoms with Gasteiger partial charge in [0.05, 0.1) is 11.2 Å². The minimum atomic E-state index is -5.08. The second-order valence-electron chi connectivity index (χ2n) is 10.7. The molecule has 0 aliphatic carbocycles. The monoisotopic (exact) mass is 616 g/mol. The van der Waals surface area contributed by atoms with E-state index in [0.29, 0.717) is 23.2 Å². The van der Waals surface area contributed by atoms with Crippen molar-refractivity contribution in [2.24, 2.45) is 0 Å². The smallest absolute Gasteiger partial charge is 0.475 e. The molecule has 6 rings (SSSR count). The third kappa shape index (κ3) is 7.23. The van der Waals surface area contributed by atoms with E-state index in [1.807, 2.05) is 36.5 Å². The molecule has 0 spiro atoms. The van der Waals surface area contributed by atoms with Crippen LogP contribution >= 0.6 is 11.6 Å². The van der Waals surface area contributed by atoms with Crippen molar-refractivity contribution in [2.75, 3.05) is 19.6 Å². The molecule has 4 aromatic rings. The molecule has 4 heterocycles. The van der Waals surface area contributed by atoms with Gasteiger partial charge in [0.25, 0.3) is 5.56 Å². The highest BCUT2D eigenvalue weighted by atomic mass is 35.5. The molecule has 0 radical (unpaired) electrons. The van der Waals surface area contributed by atoms with Crippen molar-refractivity contribution in [1.82, 2.24) is 19.8 Å². The zero-order valence-corrected chi connectivity index (χ0v) is 23.7. The number of carboxylic acid groups (broad SMARTS) is 1. The van der Waals surface area contributed by atoms with Crippen molar-refractivity contribution in [3.8, 4) is 11.3 Å². The summed E-state index contributed by atoms with van der Waals surface area (Å²) in [7, 11) is 0. The summed E-state index contributed by atoms with van der Waals surface area (Å²) in [5, 5.41) is 12.4. The Morgan fingerprint density at radius 3 is 2.44 bits per heavy atom. The van der Waals surface area contributed by atoms with Crippen molar-refractivity contribution in [3.63, 3.8) is 0 Å². The van der Waals surface area contributed by atoms with Crippen LogP contribution in [0.4, 0.5) is 17.6 Å². The number of piperidine rings is 1. The number of hydrogen-bond acceptors (Lipinski definition) is 5. The quantitative estimate of drug-likeness (QED) is 0.265. The Hall–Kier alpha value is -3.80. The van der Waals surface area contributed by atoms with Crippen LogP contribution in [0.15, 0.2) is 71.7 Å². The van der Waals surface area contributed by atoms with E-state index in [4.69, 9.17) is 21.5 Å². The van der Waals surface area contributed by atoms with E-state index in [1.165, 1.54) is 6.07 Å². The van der Waals surface area contributed by atoms with Gasteiger partial charge >= 0.3 is 12.1 Å². The molecule has 2 aliphatic heterocycles. The van der Waals surface area contributed by atoms with Crippen LogP contribution in [-0.4, -0.2) is 57.4 Å². The van der Waals surface area contributed by atoms with E-state index >= 15 is 0 Å². The average Bonchev–Trinajstić information content (AvgIpc) is 3.37. The Morgan fingerprint density at radius 1 is 1.07 bits per heavy atom. The van der Waals surface area contributed by atoms with Crippen molar-refractivity contribution in [1.29, 1.82) is 0 Å². The van der Waals surface area contributed by atoms with Crippen LogP contribution in [0.1, 0.15) is 29.9 Å². The number of aliphatic carboxylic acids is 1. The van der Waals surface area contributed by atoms with Gasteiger partial charge in [0.1, 0.15) is 5.82 Å². The van der Waals surface area contributed by atoms with Gasteiger partial charge in [-0.2, -0.15) is 13.2 Å². The highest BCUT2D eigenvalue weighted by molar-refractivity contribution is 6.30. The lowest BCUT2D eigenvalue weighted by Crippen LogP contribution is -2.43. The molecule has 43 heavy (non-hydrogen) atoms. The Labute approximate surface area is 249 Å². The second-order valence-corrected chi connectivity index (χ2v) is 11.1. The number of halogens is 5. The van der Waals surface area contributed by atoms with Crippen LogP contribution in [0.5, 0.6) is 0 Å². The zero-order chi connectivity index (χ0) is 30.7. The molecule has 2 N–H and O–H groups in total. The van der Waals surface area contributed by atoms with Gasteiger partial charge in [0.15, 0.2) is 0 Å². The van der Waals surface area contributed by atoms with Gasteiger partial charge in [-0.25, -0.2) is 9.18 Å². The maximum absolute atomic E-state index is 14.8. The maximum Gasteiger partial charge on any atom is 0.490 e. The fraction of sp³-hybridized carbons (Fsp3) is 0.323. The predicted octanol–water partition coefficient (Wildman–Crippen LogP) is 5.84. The van der Waals surface area contributed by atoms with Crippen molar-refractivity contribution < 1.29 is 27.5 Å². The van der Waals surface area contributed by atoms with Crippen molar-refractivity contribution in [3.05, 3.63) is 99.2 Å². The molecule has 2 aromatic carbocycles. The molecule has 2 aromatic heterocycles. The Kier molecular flexibility index (Phi) is 9.14. The summed E-state index contributed by atoms with van der Waals surface area (Å²) in [5.74, 6) is -2.94. The molecular formula is C31H29ClF4N4O3. The summed E-state index contributed by atoms with van der Waals surface area (Å²) >= 11 is 6.10. The molecule has 0 bridgehead atoms. The average molecular weight is 617 g/mol. The lowest BCUT2D eigenvalue weighted by Gasteiger charge is -2.34. The van der Waals surface area contributed by atoms with Crippen molar-refractivity contribution >= 4 is 28.5 Å². The summed E-state index contributed by atoms with van der Waals surface area (Å²) in [5.41, 5.74) is 4.52. The zero-order valence-electron chi connectivity index (χ0n) is 23.0. The normalized spacial score (nSPS) is 17.1. The van der Waals surface area contributed by atoms with E-state index in [9.17, 15) is 22.4 Å². The predicted molar refractivity (Wildman–Crippen MR) is 156 cm³/mol. The molecule has 2 aliphatic rings. The van der Waals surface area contributed by atoms with Crippen LogP contribution in [0, 0.1) is 5.82 Å². The Bertz CT molecular complexity index is 1670. The number of alkyl halides is 3. The van der Waals surface area contributed by atoms with E-state index < -0.39 is 12.1 Å². The van der Waals surface area contributed by atoms with Crippen LogP contribution in [0.2, 0.25) is 5.02 Å². The van der Waals surface area contributed by atoms with Gasteiger partial charge in [-0.1, -0.05) is 29.8 Å². The fourth-order valence-electron chi connectivity index (χ4n) is 5.67. The van der Waals surface area contributed by atoms with Crippen LogP contribution in [0.3, 0.4) is 0 Å². The second kappa shape index (κ2) is 12.8. The Morgan fingerprint density at radius 2 is 1.79 bits per heavy atom. The number of benzene rings is 2. The van der Waals surface area contributed by atoms with E-state index in [-0.39, 0.29) is 17.3 Å². The van der Waals surface area contributed by atoms with E-state index in [1.54, 1.807) is 22.8 Å². The van der Waals surface area contributed by atoms with Gasteiger partial charge in [0, 0.05) is 60.0 Å². The summed E-state index contributed by atoms with van der Waals surface area (Å²) in [4.78, 5) is 28.3. The van der Waals surface area contributed by atoms with Crippen LogP contribution < -0.4 is 10.9 Å². The van der Waals surface area contributed by atoms with Gasteiger partial charge in [0.2, 0.25) is 0 Å². The minimum Gasteiger partial charge on any atom is -0.475 e. The third-order valence-corrected chi connectivity index (χ3v) is 8.03. The fourth-order valence-corrected chi connectivity index (χ4v) is 5.86. The number of likely N-dealkylation sites (tertiary alicyclic amines) is 1. The lowest BCUT2D eigenvalue weighted by atomic mass is 9.97. The van der Waals surface area contributed by atoms with Gasteiger partial charge in [-0.15, -0.1) is 0 Å². The maximum atomic E-state index is 14.8. The summed E-state index contributed by atoms with van der Waals surface area (Å²) in [6.07, 6.45) is -1.08. The van der Waals surface area contributed by atoms with Gasteiger partial charge in [-0.3, -0.25) is 9.78 Å². The number of hydrogen-bond donors (Lipinski definition) is 2. The lowest BCUT2D eigenvalue weighted by molar-refractivity contribution is -0.192. The largest absolute Gasteiger partial charge is 0.490 e. The topological polar surface area (TPSA) is 87.5 Å². The number of nitrogens with one attached hydrogen (secondary N) is 1. The Balaban J connectivity index is 0.000000472. The molecule has 12 heteroatoms. The number of nitrogens with zero attached hydrogens (tertiary/aromatic N) is 3. The first-order valence-electron chi connectivity index (χ1n) is 13.8. The first kappa shape index (κ1) is 30.7. The number of rotatable bonds is 6. The molecule has 0 amide bonds. The molecular weight excluding hydrogens is 588 g/mol. The summed E-state index contributed by atoms with van der Waals surface area (Å²) < 4.78 is 48.3. The molecule has 226 valence electrons. The van der Waals surface area contributed by atoms with Gasteiger partial charge < -0.3 is 19.9 Å². The highest BCUT2D eigenvalue weighted by Crippen LogP contribution is 2.35. The number of carboxylic acids is 1. The molecule has 1 fully saturated rings. The van der Waals surface area contributed by atoms with Gasteiger partial charge in [-0.05, 0) is 73.3 Å². The molecule has 1 unspecified atom stereocenters. The standard InChI is InChI=1S/C29H28ClFN4O.C2HF3O2/c30-23-3-1-2-21(14-23)26-8-4-19(16-33-26)15-32-24-10-12-34(13-11-24)17-22-18-35-27(36)9-6-20-5-7-25(31)28(22)29(20)35;3-2(4,5)1(6)7/h1-9,14,16,22,24,32H,10-13,15,17-18H2;(H,6,7).